The number of rotatable bonds is 2. The van der Waals surface area contributed by atoms with Crippen molar-refractivity contribution < 1.29 is 9.50 Å². The zero-order valence-electron chi connectivity index (χ0n) is 15.6. The Bertz CT molecular complexity index is 1050. The van der Waals surface area contributed by atoms with Crippen molar-refractivity contribution in [1.29, 1.82) is 0 Å². The summed E-state index contributed by atoms with van der Waals surface area (Å²) in [5.74, 6) is 1.18. The van der Waals surface area contributed by atoms with Gasteiger partial charge in [-0.15, -0.1) is 0 Å². The van der Waals surface area contributed by atoms with Crippen molar-refractivity contribution in [3.8, 4) is 17.0 Å². The van der Waals surface area contributed by atoms with Crippen LogP contribution in [-0.4, -0.2) is 38.8 Å². The Hall–Kier alpha value is -2.96. The predicted molar refractivity (Wildman–Crippen MR) is 105 cm³/mol. The highest BCUT2D eigenvalue weighted by Crippen LogP contribution is 2.38. The van der Waals surface area contributed by atoms with Gasteiger partial charge in [-0.2, -0.15) is 0 Å². The molecule has 3 heterocycles. The van der Waals surface area contributed by atoms with E-state index in [1.54, 1.807) is 13.0 Å². The minimum absolute atomic E-state index is 0.190. The molecule has 0 amide bonds. The third-order valence-corrected chi connectivity index (χ3v) is 5.27. The van der Waals surface area contributed by atoms with E-state index in [4.69, 9.17) is 10.7 Å². The number of benzene rings is 1. The molecule has 1 fully saturated rings. The highest BCUT2D eigenvalue weighted by Gasteiger charge is 2.34. The fourth-order valence-electron chi connectivity index (χ4n) is 3.73. The SMILES string of the molecule is Cc1ccc(O)c(C)c1-c1nc(N2CC[C@@](C)(F)C2)cc2c(N)ncnc12. The number of aromatic nitrogens is 3. The first kappa shape index (κ1) is 17.5. The molecule has 0 radical (unpaired) electrons. The number of halogens is 1. The smallest absolute Gasteiger partial charge is 0.134 e. The molecule has 1 aliphatic rings. The van der Waals surface area contributed by atoms with Crippen LogP contribution in [0.4, 0.5) is 16.0 Å². The van der Waals surface area contributed by atoms with Crippen LogP contribution < -0.4 is 10.6 Å². The van der Waals surface area contributed by atoms with E-state index < -0.39 is 5.67 Å². The van der Waals surface area contributed by atoms with Crippen molar-refractivity contribution in [3.63, 3.8) is 0 Å². The Morgan fingerprint density at radius 1 is 1.26 bits per heavy atom. The molecule has 0 aliphatic carbocycles. The van der Waals surface area contributed by atoms with Gasteiger partial charge in [-0.25, -0.2) is 19.3 Å². The number of anilines is 2. The van der Waals surface area contributed by atoms with Gasteiger partial charge < -0.3 is 15.7 Å². The zero-order chi connectivity index (χ0) is 19.3. The molecule has 7 heteroatoms. The van der Waals surface area contributed by atoms with E-state index in [0.717, 1.165) is 16.7 Å². The maximum Gasteiger partial charge on any atom is 0.134 e. The number of alkyl halides is 1. The lowest BCUT2D eigenvalue weighted by atomic mass is 9.97. The summed E-state index contributed by atoms with van der Waals surface area (Å²) in [5, 5.41) is 10.9. The predicted octanol–water partition coefficient (Wildman–Crippen LogP) is 3.53. The van der Waals surface area contributed by atoms with E-state index in [1.807, 2.05) is 30.9 Å². The number of hydrogen-bond donors (Lipinski definition) is 2. The Kier molecular flexibility index (Phi) is 3.91. The molecule has 1 saturated heterocycles. The summed E-state index contributed by atoms with van der Waals surface area (Å²) < 4.78 is 14.4. The molecule has 3 N–H and O–H groups in total. The minimum Gasteiger partial charge on any atom is -0.508 e. The number of phenolic OH excluding ortho intramolecular Hbond substituents is 1. The first-order valence-corrected chi connectivity index (χ1v) is 8.91. The van der Waals surface area contributed by atoms with E-state index in [0.29, 0.717) is 41.2 Å². The molecular formula is C20H22FN5O. The Morgan fingerprint density at radius 2 is 2.04 bits per heavy atom. The van der Waals surface area contributed by atoms with Crippen LogP contribution in [-0.2, 0) is 0 Å². The summed E-state index contributed by atoms with van der Waals surface area (Å²) in [6, 6.07) is 5.33. The molecule has 6 nitrogen and oxygen atoms in total. The highest BCUT2D eigenvalue weighted by molar-refractivity contribution is 5.99. The molecule has 3 aromatic rings. The third-order valence-electron chi connectivity index (χ3n) is 5.27. The fraction of sp³-hybridized carbons (Fsp3) is 0.350. The zero-order valence-corrected chi connectivity index (χ0v) is 15.6. The van der Waals surface area contributed by atoms with Gasteiger partial charge >= 0.3 is 0 Å². The van der Waals surface area contributed by atoms with Crippen molar-refractivity contribution in [2.45, 2.75) is 32.9 Å². The first-order chi connectivity index (χ1) is 12.8. The van der Waals surface area contributed by atoms with E-state index in [2.05, 4.69) is 9.97 Å². The largest absolute Gasteiger partial charge is 0.508 e. The highest BCUT2D eigenvalue weighted by atomic mass is 19.1. The number of nitrogen functional groups attached to an aromatic ring is 1. The Balaban J connectivity index is 2.00. The number of hydrogen-bond acceptors (Lipinski definition) is 6. The number of fused-ring (bicyclic) bond motifs is 1. The second-order valence-electron chi connectivity index (χ2n) is 7.47. The third kappa shape index (κ3) is 2.93. The molecule has 0 unspecified atom stereocenters. The number of phenols is 1. The Morgan fingerprint density at radius 3 is 2.74 bits per heavy atom. The van der Waals surface area contributed by atoms with Crippen LogP contribution in [0.15, 0.2) is 24.5 Å². The summed E-state index contributed by atoms with van der Waals surface area (Å²) >= 11 is 0. The van der Waals surface area contributed by atoms with Gasteiger partial charge in [-0.05, 0) is 38.5 Å². The molecule has 4 rings (SSSR count). The average molecular weight is 367 g/mol. The lowest BCUT2D eigenvalue weighted by molar-refractivity contribution is 0.221. The number of nitrogens with two attached hydrogens (primary N) is 1. The summed E-state index contributed by atoms with van der Waals surface area (Å²) in [6.45, 7) is 6.26. The lowest BCUT2D eigenvalue weighted by Crippen LogP contribution is -2.26. The average Bonchev–Trinajstić information content (AvgIpc) is 2.99. The molecule has 0 spiro atoms. The van der Waals surface area contributed by atoms with Crippen LogP contribution >= 0.6 is 0 Å². The quantitative estimate of drug-likeness (QED) is 0.720. The van der Waals surface area contributed by atoms with Crippen molar-refractivity contribution in [2.24, 2.45) is 0 Å². The van der Waals surface area contributed by atoms with Crippen LogP contribution in [0.2, 0.25) is 0 Å². The summed E-state index contributed by atoms with van der Waals surface area (Å²) in [7, 11) is 0. The van der Waals surface area contributed by atoms with Gasteiger partial charge in [-0.3, -0.25) is 0 Å². The molecule has 0 bridgehead atoms. The maximum atomic E-state index is 14.4. The van der Waals surface area contributed by atoms with Crippen LogP contribution in [0.25, 0.3) is 22.2 Å². The minimum atomic E-state index is -1.24. The number of aromatic hydroxyl groups is 1. The summed E-state index contributed by atoms with van der Waals surface area (Å²) in [4.78, 5) is 15.2. The molecular weight excluding hydrogens is 345 g/mol. The molecule has 140 valence electrons. The van der Waals surface area contributed by atoms with Crippen molar-refractivity contribution >= 4 is 22.5 Å². The van der Waals surface area contributed by atoms with E-state index in [1.165, 1.54) is 6.33 Å². The van der Waals surface area contributed by atoms with Gasteiger partial charge in [0.1, 0.15) is 34.9 Å². The summed E-state index contributed by atoms with van der Waals surface area (Å²) in [6.07, 6.45) is 1.86. The van der Waals surface area contributed by atoms with Gasteiger partial charge in [0.15, 0.2) is 0 Å². The Labute approximate surface area is 156 Å². The van der Waals surface area contributed by atoms with Crippen LogP contribution in [0, 0.1) is 13.8 Å². The normalized spacial score (nSPS) is 19.8. The van der Waals surface area contributed by atoms with Gasteiger partial charge in [-0.1, -0.05) is 6.07 Å². The van der Waals surface area contributed by atoms with Gasteiger partial charge in [0, 0.05) is 29.5 Å². The molecule has 1 atom stereocenters. The number of aryl methyl sites for hydroxylation is 1. The van der Waals surface area contributed by atoms with Crippen molar-refractivity contribution in [3.05, 3.63) is 35.7 Å². The summed E-state index contributed by atoms with van der Waals surface area (Å²) in [5.41, 5.74) is 8.59. The van der Waals surface area contributed by atoms with Gasteiger partial charge in [0.2, 0.25) is 0 Å². The number of pyridine rings is 1. The van der Waals surface area contributed by atoms with E-state index in [9.17, 15) is 9.50 Å². The maximum absolute atomic E-state index is 14.4. The second kappa shape index (κ2) is 6.04. The van der Waals surface area contributed by atoms with Crippen molar-refractivity contribution in [2.75, 3.05) is 23.7 Å². The van der Waals surface area contributed by atoms with E-state index in [-0.39, 0.29) is 12.3 Å². The van der Waals surface area contributed by atoms with Crippen LogP contribution in [0.5, 0.6) is 5.75 Å². The molecule has 2 aromatic heterocycles. The number of nitrogens with zero attached hydrogens (tertiary/aromatic N) is 4. The van der Waals surface area contributed by atoms with Crippen LogP contribution in [0.3, 0.4) is 0 Å². The fourth-order valence-corrected chi connectivity index (χ4v) is 3.73. The topological polar surface area (TPSA) is 88.2 Å². The van der Waals surface area contributed by atoms with Gasteiger partial charge in [0.05, 0.1) is 12.2 Å². The molecule has 27 heavy (non-hydrogen) atoms. The molecule has 1 aromatic carbocycles. The van der Waals surface area contributed by atoms with Crippen molar-refractivity contribution in [1.82, 2.24) is 15.0 Å². The van der Waals surface area contributed by atoms with Gasteiger partial charge in [0.25, 0.3) is 0 Å². The molecule has 0 saturated carbocycles. The monoisotopic (exact) mass is 367 g/mol. The van der Waals surface area contributed by atoms with E-state index >= 15 is 0 Å². The van der Waals surface area contributed by atoms with Crippen LogP contribution in [0.1, 0.15) is 24.5 Å². The first-order valence-electron chi connectivity index (χ1n) is 8.91. The standard InChI is InChI=1S/C20H22FN5O/c1-11-4-5-14(27)12(2)16(11)18-17-13(19(22)24-10-23-17)8-15(25-18)26-7-6-20(3,21)9-26/h4-5,8,10,27H,6-7,9H2,1-3H3,(H2,22,23,24)/t20-/m1/s1. The second-order valence-corrected chi connectivity index (χ2v) is 7.47. The lowest BCUT2D eigenvalue weighted by Gasteiger charge is -2.21. The molecule has 1 aliphatic heterocycles.